The fourth-order valence-electron chi connectivity index (χ4n) is 5.41. The zero-order valence-electron chi connectivity index (χ0n) is 21.2. The molecule has 0 saturated carbocycles. The molecule has 5 rings (SSSR count). The number of halogens is 2. The summed E-state index contributed by atoms with van der Waals surface area (Å²) in [4.78, 5) is 16.2. The Labute approximate surface area is 231 Å². The van der Waals surface area contributed by atoms with Crippen LogP contribution in [0.3, 0.4) is 0 Å². The highest BCUT2D eigenvalue weighted by Gasteiger charge is 2.41. The van der Waals surface area contributed by atoms with Crippen molar-refractivity contribution in [3.05, 3.63) is 116 Å². The summed E-state index contributed by atoms with van der Waals surface area (Å²) in [6.45, 7) is 4.06. The maximum atomic E-state index is 15.0. The Balaban J connectivity index is 1.64. The number of carbonyl (C=O) groups is 1. The Morgan fingerprint density at radius 1 is 1.13 bits per heavy atom. The van der Waals surface area contributed by atoms with Gasteiger partial charge in [0.05, 0.1) is 23.2 Å². The number of anilines is 1. The molecule has 0 saturated heterocycles. The zero-order chi connectivity index (χ0) is 27.0. The maximum Gasteiger partial charge on any atom is 0.161 e. The summed E-state index contributed by atoms with van der Waals surface area (Å²) in [5, 5.41) is 11.0. The number of nitrogens with zero attached hydrogens (tertiary/aromatic N) is 2. The quantitative estimate of drug-likeness (QED) is 0.334. The van der Waals surface area contributed by atoms with Gasteiger partial charge in [-0.25, -0.2) is 4.39 Å². The lowest BCUT2D eigenvalue weighted by molar-refractivity contribution is -0.116. The number of carbonyl (C=O) groups excluding carboxylic acids is 1. The van der Waals surface area contributed by atoms with Crippen LogP contribution >= 0.6 is 23.4 Å². The highest BCUT2D eigenvalue weighted by atomic mass is 35.5. The van der Waals surface area contributed by atoms with Crippen LogP contribution in [0.2, 0.25) is 5.02 Å². The van der Waals surface area contributed by atoms with Crippen molar-refractivity contribution in [3.63, 3.8) is 0 Å². The molecule has 2 aliphatic rings. The average molecular weight is 544 g/mol. The molecule has 38 heavy (non-hydrogen) atoms. The lowest BCUT2D eigenvalue weighted by Gasteiger charge is -2.40. The number of benzene rings is 3. The van der Waals surface area contributed by atoms with Gasteiger partial charge in [0.25, 0.3) is 0 Å². The van der Waals surface area contributed by atoms with Crippen molar-refractivity contribution in [1.29, 1.82) is 5.26 Å². The van der Waals surface area contributed by atoms with Crippen LogP contribution in [-0.2, 0) is 10.5 Å². The van der Waals surface area contributed by atoms with Crippen LogP contribution in [0.15, 0.2) is 88.2 Å². The molecule has 2 N–H and O–H groups in total. The Morgan fingerprint density at radius 2 is 1.87 bits per heavy atom. The van der Waals surface area contributed by atoms with Crippen LogP contribution in [0, 0.1) is 31.0 Å². The summed E-state index contributed by atoms with van der Waals surface area (Å²) in [7, 11) is 0. The Kier molecular flexibility index (Phi) is 7.34. The summed E-state index contributed by atoms with van der Waals surface area (Å²) in [6.07, 6.45) is 1.62. The van der Waals surface area contributed by atoms with Crippen molar-refractivity contribution in [3.8, 4) is 6.07 Å². The minimum atomic E-state index is -0.593. The van der Waals surface area contributed by atoms with Gasteiger partial charge in [0.2, 0.25) is 0 Å². The first-order chi connectivity index (χ1) is 18.3. The van der Waals surface area contributed by atoms with Gasteiger partial charge in [0.15, 0.2) is 5.78 Å². The van der Waals surface area contributed by atoms with Gasteiger partial charge in [-0.05, 0) is 79.8 Å². The third kappa shape index (κ3) is 4.73. The minimum Gasteiger partial charge on any atom is -0.384 e. The smallest absolute Gasteiger partial charge is 0.161 e. The van der Waals surface area contributed by atoms with E-state index in [1.54, 1.807) is 34.9 Å². The van der Waals surface area contributed by atoms with Crippen molar-refractivity contribution in [2.75, 3.05) is 4.90 Å². The molecule has 3 aromatic carbocycles. The lowest BCUT2D eigenvalue weighted by atomic mass is 9.73. The van der Waals surface area contributed by atoms with Gasteiger partial charge in [-0.1, -0.05) is 41.4 Å². The number of nitrogens with two attached hydrogens (primary N) is 1. The van der Waals surface area contributed by atoms with Crippen molar-refractivity contribution in [2.45, 2.75) is 49.7 Å². The van der Waals surface area contributed by atoms with E-state index in [2.05, 4.69) is 12.1 Å². The van der Waals surface area contributed by atoms with Crippen LogP contribution in [0.25, 0.3) is 0 Å². The van der Waals surface area contributed by atoms with E-state index >= 15 is 0 Å². The first kappa shape index (κ1) is 26.1. The first-order valence-corrected chi connectivity index (χ1v) is 13.9. The molecule has 1 aliphatic heterocycles. The number of nitriles is 1. The summed E-state index contributed by atoms with van der Waals surface area (Å²) in [6, 6.07) is 20.5. The van der Waals surface area contributed by atoms with E-state index in [4.69, 9.17) is 17.3 Å². The molecule has 0 aromatic heterocycles. The number of para-hydroxylation sites is 1. The van der Waals surface area contributed by atoms with E-state index in [0.717, 1.165) is 32.9 Å². The van der Waals surface area contributed by atoms with Crippen molar-refractivity contribution >= 4 is 34.8 Å². The number of ketones is 1. The molecule has 0 amide bonds. The molecule has 7 heteroatoms. The summed E-state index contributed by atoms with van der Waals surface area (Å²) >= 11 is 7.74. The summed E-state index contributed by atoms with van der Waals surface area (Å²) in [5.74, 6) is -0.170. The molecular weight excluding hydrogens is 517 g/mol. The normalized spacial score (nSPS) is 17.5. The molecule has 1 heterocycles. The minimum absolute atomic E-state index is 0.0177. The highest BCUT2D eigenvalue weighted by Crippen LogP contribution is 2.48. The highest BCUT2D eigenvalue weighted by molar-refractivity contribution is 7.98. The van der Waals surface area contributed by atoms with E-state index in [1.165, 1.54) is 6.07 Å². The van der Waals surface area contributed by atoms with E-state index in [1.807, 2.05) is 44.2 Å². The molecule has 1 unspecified atom stereocenters. The third-order valence-electron chi connectivity index (χ3n) is 7.23. The van der Waals surface area contributed by atoms with E-state index < -0.39 is 11.7 Å². The van der Waals surface area contributed by atoms with Crippen LogP contribution in [0.4, 0.5) is 10.1 Å². The number of allylic oxidation sites excluding steroid dienone is 3. The number of hydrogen-bond acceptors (Lipinski definition) is 5. The molecule has 0 fully saturated rings. The van der Waals surface area contributed by atoms with Crippen LogP contribution in [-0.4, -0.2) is 5.78 Å². The molecule has 1 aliphatic carbocycles. The van der Waals surface area contributed by atoms with Gasteiger partial charge in [-0.15, -0.1) is 11.8 Å². The third-order valence-corrected chi connectivity index (χ3v) is 8.54. The molecule has 4 nitrogen and oxygen atoms in total. The number of rotatable bonds is 5. The second-order valence-corrected chi connectivity index (χ2v) is 11.1. The van der Waals surface area contributed by atoms with Crippen molar-refractivity contribution in [2.24, 2.45) is 5.73 Å². The Morgan fingerprint density at radius 3 is 2.58 bits per heavy atom. The SMILES string of the molecule is Cc1cc(CSc2ccc(Cl)cc2)c(C)c(C2C(C#N)=C(N)N(c3ccccc3F)C3=C2C(=O)CCC3)c1. The standard InChI is InChI=1S/C31H27ClFN3OS/c1-18-14-20(17-38-22-12-10-21(32)11-13-22)19(2)23(15-18)29-24(16-34)31(35)36(26-7-4-3-6-25(26)33)27-8-5-9-28(37)30(27)29/h3-4,6-7,10-15,29H,5,8-9,17,35H2,1-2H3. The summed E-state index contributed by atoms with van der Waals surface area (Å²) < 4.78 is 15.0. The number of aryl methyl sites for hydroxylation is 1. The summed E-state index contributed by atoms with van der Waals surface area (Å²) in [5.41, 5.74) is 12.5. The van der Waals surface area contributed by atoms with Gasteiger partial charge in [-0.2, -0.15) is 5.26 Å². The van der Waals surface area contributed by atoms with Gasteiger partial charge in [0, 0.05) is 33.4 Å². The molecule has 1 atom stereocenters. The topological polar surface area (TPSA) is 70.1 Å². The number of Topliss-reactive ketones (excluding diaryl/α,β-unsaturated/α-hetero) is 1. The zero-order valence-corrected chi connectivity index (χ0v) is 22.8. The van der Waals surface area contributed by atoms with Crippen molar-refractivity contribution in [1.82, 2.24) is 0 Å². The second kappa shape index (κ2) is 10.7. The molecule has 0 spiro atoms. The molecule has 0 radical (unpaired) electrons. The Bertz CT molecular complexity index is 1540. The molecule has 3 aromatic rings. The van der Waals surface area contributed by atoms with Crippen LogP contribution in [0.5, 0.6) is 0 Å². The van der Waals surface area contributed by atoms with Crippen molar-refractivity contribution < 1.29 is 9.18 Å². The lowest BCUT2D eigenvalue weighted by Crippen LogP contribution is -2.39. The largest absolute Gasteiger partial charge is 0.384 e. The fraction of sp³-hybridized carbons (Fsp3) is 0.226. The van der Waals surface area contributed by atoms with Crippen LogP contribution in [0.1, 0.15) is 47.4 Å². The number of hydrogen-bond donors (Lipinski definition) is 1. The molecular formula is C31H27ClFN3OS. The average Bonchev–Trinajstić information content (AvgIpc) is 2.90. The Hall–Kier alpha value is -3.53. The van der Waals surface area contributed by atoms with Gasteiger partial charge < -0.3 is 5.73 Å². The van der Waals surface area contributed by atoms with E-state index in [0.29, 0.717) is 35.6 Å². The van der Waals surface area contributed by atoms with Crippen LogP contribution < -0.4 is 10.6 Å². The van der Waals surface area contributed by atoms with Gasteiger partial charge in [-0.3, -0.25) is 9.69 Å². The molecule has 0 bridgehead atoms. The van der Waals surface area contributed by atoms with Gasteiger partial charge >= 0.3 is 0 Å². The molecule has 192 valence electrons. The van der Waals surface area contributed by atoms with Gasteiger partial charge in [0.1, 0.15) is 11.6 Å². The van der Waals surface area contributed by atoms with E-state index in [9.17, 15) is 14.4 Å². The van der Waals surface area contributed by atoms with E-state index in [-0.39, 0.29) is 22.9 Å². The predicted octanol–water partition coefficient (Wildman–Crippen LogP) is 7.69. The first-order valence-electron chi connectivity index (χ1n) is 12.5. The maximum absolute atomic E-state index is 15.0. The predicted molar refractivity (Wildman–Crippen MR) is 151 cm³/mol. The number of thioether (sulfide) groups is 1. The second-order valence-electron chi connectivity index (χ2n) is 9.65. The monoisotopic (exact) mass is 543 g/mol. The fourth-order valence-corrected chi connectivity index (χ4v) is 6.49.